The second-order valence-electron chi connectivity index (χ2n) is 3.20. The third-order valence-electron chi connectivity index (χ3n) is 1.90. The van der Waals surface area contributed by atoms with Crippen LogP contribution in [0.5, 0.6) is 0 Å². The number of aromatic nitrogens is 1. The van der Waals surface area contributed by atoms with Crippen LogP contribution in [0.25, 0.3) is 0 Å². The zero-order chi connectivity index (χ0) is 12.3. The molecule has 16 heavy (non-hydrogen) atoms. The summed E-state index contributed by atoms with van der Waals surface area (Å²) in [6, 6.07) is 0.700. The summed E-state index contributed by atoms with van der Waals surface area (Å²) < 4.78 is 26.4. The lowest BCUT2D eigenvalue weighted by atomic mass is 10.3. The summed E-state index contributed by atoms with van der Waals surface area (Å²) in [7, 11) is 2.90. The summed E-state index contributed by atoms with van der Waals surface area (Å²) in [6.07, 6.45) is 0. The van der Waals surface area contributed by atoms with Crippen LogP contribution in [0.3, 0.4) is 0 Å². The number of hydrogen-bond acceptors (Lipinski definition) is 4. The number of pyridine rings is 1. The van der Waals surface area contributed by atoms with E-state index in [0.29, 0.717) is 6.07 Å². The summed E-state index contributed by atoms with van der Waals surface area (Å²) >= 11 is 0. The average Bonchev–Trinajstić information content (AvgIpc) is 2.16. The highest BCUT2D eigenvalue weighted by molar-refractivity contribution is 5.79. The second kappa shape index (κ2) is 4.73. The standard InChI is InChI=1S/C9H12F2N4O/c1-13-8-5(10)3-6(11)9(14-8)15(2)4-7(12)16/h3H,4H2,1-2H3,(H2,12,16)(H,13,14). The molecule has 0 aliphatic rings. The van der Waals surface area contributed by atoms with Crippen LogP contribution >= 0.6 is 0 Å². The van der Waals surface area contributed by atoms with E-state index in [9.17, 15) is 13.6 Å². The smallest absolute Gasteiger partial charge is 0.236 e. The molecular weight excluding hydrogens is 218 g/mol. The minimum Gasteiger partial charge on any atom is -0.371 e. The van der Waals surface area contributed by atoms with E-state index in [1.54, 1.807) is 0 Å². The minimum atomic E-state index is -0.847. The van der Waals surface area contributed by atoms with Crippen LogP contribution < -0.4 is 16.0 Å². The summed E-state index contributed by atoms with van der Waals surface area (Å²) in [6.45, 7) is -0.196. The Morgan fingerprint density at radius 1 is 1.56 bits per heavy atom. The molecule has 0 aliphatic carbocycles. The van der Waals surface area contributed by atoms with Crippen LogP contribution in [0.4, 0.5) is 20.4 Å². The van der Waals surface area contributed by atoms with Crippen molar-refractivity contribution in [3.63, 3.8) is 0 Å². The fourth-order valence-electron chi connectivity index (χ4n) is 1.21. The van der Waals surface area contributed by atoms with Crippen LogP contribution in [-0.2, 0) is 4.79 Å². The lowest BCUT2D eigenvalue weighted by Gasteiger charge is -2.17. The van der Waals surface area contributed by atoms with E-state index < -0.39 is 17.5 Å². The number of halogens is 2. The topological polar surface area (TPSA) is 71.2 Å². The lowest BCUT2D eigenvalue weighted by Crippen LogP contribution is -2.31. The fraction of sp³-hybridized carbons (Fsp3) is 0.333. The van der Waals surface area contributed by atoms with Crippen molar-refractivity contribution in [3.05, 3.63) is 17.7 Å². The summed E-state index contributed by atoms with van der Waals surface area (Å²) in [5, 5.41) is 2.48. The molecule has 3 N–H and O–H groups in total. The van der Waals surface area contributed by atoms with Gasteiger partial charge in [0.15, 0.2) is 23.3 Å². The molecule has 0 fully saturated rings. The lowest BCUT2D eigenvalue weighted by molar-refractivity contribution is -0.116. The van der Waals surface area contributed by atoms with Gasteiger partial charge in [-0.3, -0.25) is 4.79 Å². The molecule has 0 aromatic carbocycles. The Labute approximate surface area is 91.3 Å². The number of rotatable bonds is 4. The van der Waals surface area contributed by atoms with E-state index in [-0.39, 0.29) is 18.2 Å². The van der Waals surface area contributed by atoms with Gasteiger partial charge in [0.2, 0.25) is 5.91 Å². The molecule has 1 rings (SSSR count). The second-order valence-corrected chi connectivity index (χ2v) is 3.20. The first-order chi connectivity index (χ1) is 7.45. The number of nitrogens with one attached hydrogen (secondary N) is 1. The highest BCUT2D eigenvalue weighted by atomic mass is 19.1. The SMILES string of the molecule is CNc1nc(N(C)CC(N)=O)c(F)cc1F. The zero-order valence-corrected chi connectivity index (χ0v) is 8.92. The van der Waals surface area contributed by atoms with Crippen molar-refractivity contribution in [2.24, 2.45) is 5.73 Å². The van der Waals surface area contributed by atoms with Crippen molar-refractivity contribution in [1.29, 1.82) is 0 Å². The third kappa shape index (κ3) is 2.56. The number of nitrogens with zero attached hydrogens (tertiary/aromatic N) is 2. The Balaban J connectivity index is 3.08. The van der Waals surface area contributed by atoms with Gasteiger partial charge in [0.05, 0.1) is 6.54 Å². The van der Waals surface area contributed by atoms with Crippen LogP contribution in [0.2, 0.25) is 0 Å². The zero-order valence-electron chi connectivity index (χ0n) is 8.92. The molecule has 0 saturated heterocycles. The van der Waals surface area contributed by atoms with E-state index in [2.05, 4.69) is 10.3 Å². The summed E-state index contributed by atoms with van der Waals surface area (Å²) in [5.74, 6) is -2.49. The summed E-state index contributed by atoms with van der Waals surface area (Å²) in [4.78, 5) is 15.6. The van der Waals surface area contributed by atoms with E-state index >= 15 is 0 Å². The maximum atomic E-state index is 13.3. The molecule has 0 saturated carbocycles. The Morgan fingerprint density at radius 3 is 2.69 bits per heavy atom. The van der Waals surface area contributed by atoms with Crippen LogP contribution in [0, 0.1) is 11.6 Å². The largest absolute Gasteiger partial charge is 0.371 e. The highest BCUT2D eigenvalue weighted by Gasteiger charge is 2.15. The van der Waals surface area contributed by atoms with Crippen LogP contribution in [0.15, 0.2) is 6.07 Å². The van der Waals surface area contributed by atoms with E-state index in [0.717, 1.165) is 0 Å². The number of carbonyl (C=O) groups is 1. The van der Waals surface area contributed by atoms with Crippen molar-refractivity contribution in [3.8, 4) is 0 Å². The molecule has 5 nitrogen and oxygen atoms in total. The van der Waals surface area contributed by atoms with Gasteiger partial charge in [-0.25, -0.2) is 13.8 Å². The van der Waals surface area contributed by atoms with E-state index in [1.165, 1.54) is 19.0 Å². The number of likely N-dealkylation sites (N-methyl/N-ethyl adjacent to an activating group) is 1. The first-order valence-corrected chi connectivity index (χ1v) is 4.49. The predicted octanol–water partition coefficient (Wildman–Crippen LogP) is 0.323. The normalized spacial score (nSPS) is 10.0. The van der Waals surface area contributed by atoms with Crippen molar-refractivity contribution in [2.75, 3.05) is 30.9 Å². The number of carbonyl (C=O) groups excluding carboxylic acids is 1. The maximum absolute atomic E-state index is 13.3. The molecule has 1 aromatic heterocycles. The predicted molar refractivity (Wildman–Crippen MR) is 56.2 cm³/mol. The third-order valence-corrected chi connectivity index (χ3v) is 1.90. The van der Waals surface area contributed by atoms with Gasteiger partial charge in [-0.1, -0.05) is 0 Å². The van der Waals surface area contributed by atoms with Crippen molar-refractivity contribution in [1.82, 2.24) is 4.98 Å². The monoisotopic (exact) mass is 230 g/mol. The molecule has 1 heterocycles. The van der Waals surface area contributed by atoms with Gasteiger partial charge in [-0.05, 0) is 0 Å². The van der Waals surface area contributed by atoms with Gasteiger partial charge < -0.3 is 16.0 Å². The van der Waals surface area contributed by atoms with Crippen molar-refractivity contribution < 1.29 is 13.6 Å². The molecule has 88 valence electrons. The number of anilines is 2. The molecule has 0 aliphatic heterocycles. The van der Waals surface area contributed by atoms with Gasteiger partial charge in [0.25, 0.3) is 0 Å². The van der Waals surface area contributed by atoms with Gasteiger partial charge in [0, 0.05) is 20.2 Å². The van der Waals surface area contributed by atoms with Crippen molar-refractivity contribution >= 4 is 17.5 Å². The number of primary amides is 1. The van der Waals surface area contributed by atoms with Gasteiger partial charge in [-0.15, -0.1) is 0 Å². The Morgan fingerprint density at radius 2 is 2.19 bits per heavy atom. The van der Waals surface area contributed by atoms with Gasteiger partial charge in [-0.2, -0.15) is 0 Å². The molecule has 0 bridgehead atoms. The first-order valence-electron chi connectivity index (χ1n) is 4.49. The van der Waals surface area contributed by atoms with Gasteiger partial charge in [0.1, 0.15) is 0 Å². The Hall–Kier alpha value is -1.92. The molecule has 7 heteroatoms. The average molecular weight is 230 g/mol. The maximum Gasteiger partial charge on any atom is 0.236 e. The summed E-state index contributed by atoms with van der Waals surface area (Å²) in [5.41, 5.74) is 4.96. The number of hydrogen-bond donors (Lipinski definition) is 2. The minimum absolute atomic E-state index is 0.0901. The van der Waals surface area contributed by atoms with Crippen LogP contribution in [0.1, 0.15) is 0 Å². The molecule has 0 spiro atoms. The molecule has 0 unspecified atom stereocenters. The molecule has 1 aromatic rings. The van der Waals surface area contributed by atoms with Crippen molar-refractivity contribution in [2.45, 2.75) is 0 Å². The fourth-order valence-corrected chi connectivity index (χ4v) is 1.21. The van der Waals surface area contributed by atoms with E-state index in [1.807, 2.05) is 0 Å². The number of amides is 1. The Kier molecular flexibility index (Phi) is 3.60. The van der Waals surface area contributed by atoms with Crippen LogP contribution in [-0.4, -0.2) is 31.5 Å². The molecule has 0 radical (unpaired) electrons. The molecule has 1 amide bonds. The highest BCUT2D eigenvalue weighted by Crippen LogP contribution is 2.20. The van der Waals surface area contributed by atoms with Gasteiger partial charge >= 0.3 is 0 Å². The van der Waals surface area contributed by atoms with E-state index in [4.69, 9.17) is 5.73 Å². The first kappa shape index (κ1) is 12.2. The Bertz CT molecular complexity index is 411. The quantitative estimate of drug-likeness (QED) is 0.781. The number of nitrogens with two attached hydrogens (primary N) is 1. The molecular formula is C9H12F2N4O. The molecule has 0 atom stereocenters.